The molecule has 29 heavy (non-hydrogen) atoms. The lowest BCUT2D eigenvalue weighted by molar-refractivity contribution is 0.0855. The van der Waals surface area contributed by atoms with Crippen molar-refractivity contribution in [2.45, 2.75) is 39.0 Å². The Hall–Kier alpha value is -2.05. The van der Waals surface area contributed by atoms with Crippen LogP contribution in [0.5, 0.6) is 0 Å². The van der Waals surface area contributed by atoms with Gasteiger partial charge in [0.15, 0.2) is 0 Å². The number of nitrogens with zero attached hydrogens (tertiary/aromatic N) is 3. The number of aromatic nitrogens is 2. The molecule has 2 aromatic rings. The lowest BCUT2D eigenvalue weighted by Crippen LogP contribution is -2.43. The first-order valence-electron chi connectivity index (χ1n) is 10.9. The van der Waals surface area contributed by atoms with Gasteiger partial charge in [-0.2, -0.15) is 0 Å². The summed E-state index contributed by atoms with van der Waals surface area (Å²) in [5, 5.41) is 4.14. The number of pyridine rings is 2. The number of likely N-dealkylation sites (tertiary alicyclic amines) is 1. The molecular formula is C23H32N4O2. The van der Waals surface area contributed by atoms with E-state index in [0.717, 1.165) is 68.4 Å². The van der Waals surface area contributed by atoms with Crippen LogP contribution in [0, 0.1) is 11.8 Å². The van der Waals surface area contributed by atoms with Crippen LogP contribution in [0.2, 0.25) is 0 Å². The van der Waals surface area contributed by atoms with Gasteiger partial charge < -0.3 is 15.0 Å². The van der Waals surface area contributed by atoms with Gasteiger partial charge in [0.2, 0.25) is 0 Å². The molecule has 0 radical (unpaired) electrons. The van der Waals surface area contributed by atoms with Gasteiger partial charge in [0, 0.05) is 57.2 Å². The Morgan fingerprint density at radius 1 is 1.24 bits per heavy atom. The van der Waals surface area contributed by atoms with E-state index in [9.17, 15) is 4.79 Å². The Kier molecular flexibility index (Phi) is 6.40. The van der Waals surface area contributed by atoms with Crippen LogP contribution >= 0.6 is 0 Å². The Morgan fingerprint density at radius 3 is 2.76 bits per heavy atom. The molecule has 0 aromatic carbocycles. The molecule has 6 heteroatoms. The topological polar surface area (TPSA) is 67.4 Å². The standard InChI is InChI=1S/C23H32N4O2/c1-16-11-17(2)15-27(14-16)8-7-25-23(28)22-12-19(18-4-9-29-10-5-18)20-13-24-6-3-21(20)26-22/h3,6,12-13,16-18H,4-5,7-11,14-15H2,1-2H3,(H,25,28). The Bertz CT molecular complexity index is 840. The average molecular weight is 397 g/mol. The van der Waals surface area contributed by atoms with Crippen molar-refractivity contribution in [3.63, 3.8) is 0 Å². The van der Waals surface area contributed by atoms with Crippen molar-refractivity contribution in [1.82, 2.24) is 20.2 Å². The summed E-state index contributed by atoms with van der Waals surface area (Å²) in [7, 11) is 0. The van der Waals surface area contributed by atoms with E-state index in [1.54, 1.807) is 6.20 Å². The van der Waals surface area contributed by atoms with Crippen molar-refractivity contribution in [1.29, 1.82) is 0 Å². The van der Waals surface area contributed by atoms with Crippen molar-refractivity contribution in [2.24, 2.45) is 11.8 Å². The first-order chi connectivity index (χ1) is 14.1. The molecule has 156 valence electrons. The maximum absolute atomic E-state index is 12.9. The Morgan fingerprint density at radius 2 is 2.00 bits per heavy atom. The zero-order valence-corrected chi connectivity index (χ0v) is 17.6. The molecular weight excluding hydrogens is 364 g/mol. The van der Waals surface area contributed by atoms with Crippen LogP contribution in [0.4, 0.5) is 0 Å². The van der Waals surface area contributed by atoms with E-state index in [1.165, 1.54) is 12.0 Å². The van der Waals surface area contributed by atoms with E-state index < -0.39 is 0 Å². The first-order valence-corrected chi connectivity index (χ1v) is 10.9. The molecule has 4 rings (SSSR count). The van der Waals surface area contributed by atoms with E-state index in [0.29, 0.717) is 18.2 Å². The molecule has 2 aliphatic heterocycles. The molecule has 2 aromatic heterocycles. The van der Waals surface area contributed by atoms with E-state index in [1.807, 2.05) is 18.3 Å². The third-order valence-electron chi connectivity index (χ3n) is 6.19. The fourth-order valence-electron chi connectivity index (χ4n) is 4.95. The number of carbonyl (C=O) groups excluding carboxylic acids is 1. The summed E-state index contributed by atoms with van der Waals surface area (Å²) in [5.74, 6) is 1.76. The van der Waals surface area contributed by atoms with Gasteiger partial charge >= 0.3 is 0 Å². The summed E-state index contributed by atoms with van der Waals surface area (Å²) in [6.07, 6.45) is 6.85. The minimum Gasteiger partial charge on any atom is -0.381 e. The van der Waals surface area contributed by atoms with E-state index in [-0.39, 0.29) is 5.91 Å². The number of ether oxygens (including phenoxy) is 1. The van der Waals surface area contributed by atoms with Crippen molar-refractivity contribution < 1.29 is 9.53 Å². The molecule has 2 unspecified atom stereocenters. The minimum absolute atomic E-state index is 0.0878. The Balaban J connectivity index is 1.46. The predicted molar refractivity (Wildman–Crippen MR) is 114 cm³/mol. The second kappa shape index (κ2) is 9.18. The molecule has 0 bridgehead atoms. The van der Waals surface area contributed by atoms with Crippen LogP contribution in [0.3, 0.4) is 0 Å². The molecule has 0 spiro atoms. The number of hydrogen-bond donors (Lipinski definition) is 1. The highest BCUT2D eigenvalue weighted by molar-refractivity contribution is 5.96. The lowest BCUT2D eigenvalue weighted by atomic mass is 9.89. The van der Waals surface area contributed by atoms with Crippen LogP contribution in [-0.4, -0.2) is 60.2 Å². The quantitative estimate of drug-likeness (QED) is 0.840. The smallest absolute Gasteiger partial charge is 0.269 e. The van der Waals surface area contributed by atoms with E-state index >= 15 is 0 Å². The monoisotopic (exact) mass is 396 g/mol. The molecule has 2 saturated heterocycles. The number of fused-ring (bicyclic) bond motifs is 1. The van der Waals surface area contributed by atoms with Gasteiger partial charge in [0.05, 0.1) is 5.52 Å². The van der Waals surface area contributed by atoms with Crippen molar-refractivity contribution in [3.05, 3.63) is 35.8 Å². The van der Waals surface area contributed by atoms with Crippen molar-refractivity contribution in [3.8, 4) is 0 Å². The fraction of sp³-hybridized carbons (Fsp3) is 0.609. The summed E-state index contributed by atoms with van der Waals surface area (Å²) in [6.45, 7) is 9.95. The second-order valence-electron chi connectivity index (χ2n) is 8.84. The molecule has 4 heterocycles. The van der Waals surface area contributed by atoms with Crippen LogP contribution in [0.15, 0.2) is 24.5 Å². The van der Waals surface area contributed by atoms with Gasteiger partial charge in [0.1, 0.15) is 5.69 Å². The number of nitrogens with one attached hydrogen (secondary N) is 1. The van der Waals surface area contributed by atoms with Gasteiger partial charge in [0.25, 0.3) is 5.91 Å². The van der Waals surface area contributed by atoms with Crippen LogP contribution in [0.1, 0.15) is 55.1 Å². The van der Waals surface area contributed by atoms with Crippen molar-refractivity contribution in [2.75, 3.05) is 39.4 Å². The Labute approximate surface area is 173 Å². The predicted octanol–water partition coefficient (Wildman–Crippen LogP) is 3.23. The minimum atomic E-state index is -0.0878. The SMILES string of the molecule is CC1CC(C)CN(CCNC(=O)c2cc(C3CCOCC3)c3cnccc3n2)C1. The number of amides is 1. The van der Waals surface area contributed by atoms with Crippen LogP contribution in [-0.2, 0) is 4.74 Å². The highest BCUT2D eigenvalue weighted by atomic mass is 16.5. The zero-order valence-electron chi connectivity index (χ0n) is 17.6. The third kappa shape index (κ3) is 4.93. The molecule has 2 aliphatic rings. The van der Waals surface area contributed by atoms with Crippen LogP contribution in [0.25, 0.3) is 10.9 Å². The second-order valence-corrected chi connectivity index (χ2v) is 8.84. The number of hydrogen-bond acceptors (Lipinski definition) is 5. The number of piperidine rings is 1. The lowest BCUT2D eigenvalue weighted by Gasteiger charge is -2.34. The van der Waals surface area contributed by atoms with Gasteiger partial charge in [-0.1, -0.05) is 13.8 Å². The van der Waals surface area contributed by atoms with Gasteiger partial charge in [-0.05, 0) is 54.7 Å². The summed E-state index contributed by atoms with van der Waals surface area (Å²) in [6, 6.07) is 3.87. The molecule has 0 saturated carbocycles. The third-order valence-corrected chi connectivity index (χ3v) is 6.19. The maximum atomic E-state index is 12.9. The molecule has 2 atom stereocenters. The zero-order chi connectivity index (χ0) is 20.2. The maximum Gasteiger partial charge on any atom is 0.269 e. The summed E-state index contributed by atoms with van der Waals surface area (Å²) < 4.78 is 5.52. The molecule has 2 fully saturated rings. The summed E-state index contributed by atoms with van der Waals surface area (Å²) in [5.41, 5.74) is 2.52. The van der Waals surface area contributed by atoms with Gasteiger partial charge in [-0.15, -0.1) is 0 Å². The number of carbonyl (C=O) groups is 1. The molecule has 1 amide bonds. The largest absolute Gasteiger partial charge is 0.381 e. The van der Waals surface area contributed by atoms with E-state index in [2.05, 4.69) is 34.0 Å². The fourth-order valence-corrected chi connectivity index (χ4v) is 4.95. The normalized spacial score (nSPS) is 23.9. The molecule has 0 aliphatic carbocycles. The highest BCUT2D eigenvalue weighted by Crippen LogP contribution is 2.32. The summed E-state index contributed by atoms with van der Waals surface area (Å²) >= 11 is 0. The molecule has 1 N–H and O–H groups in total. The van der Waals surface area contributed by atoms with Crippen LogP contribution < -0.4 is 5.32 Å². The molecule has 6 nitrogen and oxygen atoms in total. The number of rotatable bonds is 5. The van der Waals surface area contributed by atoms with Crippen molar-refractivity contribution >= 4 is 16.8 Å². The highest BCUT2D eigenvalue weighted by Gasteiger charge is 2.23. The first kappa shape index (κ1) is 20.2. The average Bonchev–Trinajstić information content (AvgIpc) is 2.73. The van der Waals surface area contributed by atoms with E-state index in [4.69, 9.17) is 4.74 Å². The van der Waals surface area contributed by atoms with Gasteiger partial charge in [-0.3, -0.25) is 9.78 Å². The van der Waals surface area contributed by atoms with Gasteiger partial charge in [-0.25, -0.2) is 4.98 Å². The summed E-state index contributed by atoms with van der Waals surface area (Å²) in [4.78, 5) is 24.2.